The number of anilines is 2. The third kappa shape index (κ3) is 3.90. The quantitative estimate of drug-likeness (QED) is 0.291. The van der Waals surface area contributed by atoms with Crippen LogP contribution in [-0.4, -0.2) is 12.6 Å². The van der Waals surface area contributed by atoms with E-state index in [9.17, 15) is 4.79 Å². The van der Waals surface area contributed by atoms with Crippen LogP contribution in [0, 0.1) is 11.8 Å². The Morgan fingerprint density at radius 1 is 1.00 bits per heavy atom. The summed E-state index contributed by atoms with van der Waals surface area (Å²) in [5.74, 6) is 5.71. The monoisotopic (exact) mass is 425 g/mol. The summed E-state index contributed by atoms with van der Waals surface area (Å²) >= 11 is 1.79. The lowest BCUT2D eigenvalue weighted by Gasteiger charge is -2.32. The van der Waals surface area contributed by atoms with Crippen molar-refractivity contribution in [2.24, 2.45) is 0 Å². The van der Waals surface area contributed by atoms with Gasteiger partial charge < -0.3 is 14.1 Å². The van der Waals surface area contributed by atoms with Crippen molar-refractivity contribution < 1.29 is 13.9 Å². The number of hydrogen-bond acceptors (Lipinski definition) is 5. The fourth-order valence-corrected chi connectivity index (χ4v) is 4.75. The normalized spacial score (nSPS) is 12.0. The van der Waals surface area contributed by atoms with E-state index in [1.165, 1.54) is 21.2 Å². The van der Waals surface area contributed by atoms with Crippen molar-refractivity contribution in [3.63, 3.8) is 0 Å². The number of rotatable bonds is 3. The molecule has 1 aromatic heterocycles. The molecule has 5 rings (SSSR count). The molecule has 0 amide bonds. The molecule has 0 saturated heterocycles. The first-order valence-corrected chi connectivity index (χ1v) is 10.9. The van der Waals surface area contributed by atoms with E-state index in [1.54, 1.807) is 18.7 Å². The lowest BCUT2D eigenvalue weighted by atomic mass is 10.1. The zero-order chi connectivity index (χ0) is 21.2. The zero-order valence-corrected chi connectivity index (χ0v) is 17.7. The van der Waals surface area contributed by atoms with Gasteiger partial charge in [0.05, 0.1) is 24.5 Å². The minimum Gasteiger partial charge on any atom is -0.459 e. The largest absolute Gasteiger partial charge is 0.459 e. The molecule has 0 saturated carbocycles. The van der Waals surface area contributed by atoms with E-state index in [4.69, 9.17) is 9.15 Å². The molecule has 0 N–H and O–H groups in total. The minimum atomic E-state index is -0.518. The van der Waals surface area contributed by atoms with Gasteiger partial charge in [0, 0.05) is 26.7 Å². The highest BCUT2D eigenvalue weighted by Crippen LogP contribution is 2.48. The molecule has 3 aromatic carbocycles. The topological polar surface area (TPSA) is 42.7 Å². The van der Waals surface area contributed by atoms with Crippen LogP contribution in [-0.2, 0) is 16.1 Å². The second kappa shape index (κ2) is 8.25. The maximum Gasteiger partial charge on any atom is 0.384 e. The molecular formula is C26H19NO3S. The van der Waals surface area contributed by atoms with E-state index < -0.39 is 5.97 Å². The number of esters is 1. The van der Waals surface area contributed by atoms with Gasteiger partial charge in [-0.3, -0.25) is 0 Å². The Morgan fingerprint density at radius 2 is 1.71 bits per heavy atom. The van der Waals surface area contributed by atoms with Crippen LogP contribution in [0.1, 0.15) is 18.2 Å². The number of furan rings is 1. The maximum atomic E-state index is 11.5. The van der Waals surface area contributed by atoms with Gasteiger partial charge in [-0.15, -0.1) is 0 Å². The van der Waals surface area contributed by atoms with Crippen LogP contribution in [0.4, 0.5) is 11.4 Å². The van der Waals surface area contributed by atoms with E-state index in [1.807, 2.05) is 24.3 Å². The molecule has 4 aromatic rings. The van der Waals surface area contributed by atoms with E-state index in [0.717, 1.165) is 22.3 Å². The molecule has 4 nitrogen and oxygen atoms in total. The molecule has 0 bridgehead atoms. The molecule has 0 aliphatic carbocycles. The Bertz CT molecular complexity index is 1300. The molecule has 1 aliphatic heterocycles. The molecule has 0 atom stereocenters. The van der Waals surface area contributed by atoms with Crippen LogP contribution in [0.2, 0.25) is 0 Å². The minimum absolute atomic E-state index is 0.318. The van der Waals surface area contributed by atoms with E-state index >= 15 is 0 Å². The van der Waals surface area contributed by atoms with Crippen LogP contribution >= 0.6 is 11.8 Å². The summed E-state index contributed by atoms with van der Waals surface area (Å²) in [6, 6.07) is 24.6. The predicted molar refractivity (Wildman–Crippen MR) is 123 cm³/mol. The average molecular weight is 426 g/mol. The van der Waals surface area contributed by atoms with Crippen molar-refractivity contribution in [2.45, 2.75) is 23.3 Å². The van der Waals surface area contributed by atoms with Crippen molar-refractivity contribution in [1.29, 1.82) is 0 Å². The highest BCUT2D eigenvalue weighted by Gasteiger charge is 2.23. The third-order valence-electron chi connectivity index (χ3n) is 5.00. The van der Waals surface area contributed by atoms with Gasteiger partial charge in [-0.25, -0.2) is 4.79 Å². The number of hydrogen-bond donors (Lipinski definition) is 0. The number of fused-ring (bicyclic) bond motifs is 3. The molecule has 5 heteroatoms. The van der Waals surface area contributed by atoms with Crippen molar-refractivity contribution in [2.75, 3.05) is 11.5 Å². The van der Waals surface area contributed by atoms with Crippen LogP contribution < -0.4 is 4.90 Å². The van der Waals surface area contributed by atoms with Crippen molar-refractivity contribution >= 4 is 40.1 Å². The second-order valence-corrected chi connectivity index (χ2v) is 8.14. The maximum absolute atomic E-state index is 11.5. The van der Waals surface area contributed by atoms with Gasteiger partial charge in [0.2, 0.25) is 0 Å². The van der Waals surface area contributed by atoms with Gasteiger partial charge in [-0.05, 0) is 55.5 Å². The fourth-order valence-electron chi connectivity index (χ4n) is 3.65. The number of carbonyl (C=O) groups is 1. The molecule has 0 spiro atoms. The Labute approximate surface area is 184 Å². The lowest BCUT2D eigenvalue weighted by molar-refractivity contribution is -0.136. The van der Waals surface area contributed by atoms with Crippen LogP contribution in [0.5, 0.6) is 0 Å². The third-order valence-corrected chi connectivity index (χ3v) is 6.13. The van der Waals surface area contributed by atoms with Crippen LogP contribution in [0.15, 0.2) is 87.0 Å². The van der Waals surface area contributed by atoms with Gasteiger partial charge in [-0.1, -0.05) is 41.9 Å². The second-order valence-electron chi connectivity index (χ2n) is 7.06. The summed E-state index contributed by atoms with van der Waals surface area (Å²) in [5, 5.41) is 0.957. The SMILES string of the molecule is CCOC(=O)C#Cc1ccc2oc(CN3c4ccccc4Sc4ccccc43)cc2c1. The lowest BCUT2D eigenvalue weighted by Crippen LogP contribution is -2.19. The molecule has 1 aliphatic rings. The fraction of sp³-hybridized carbons (Fsp3) is 0.115. The number of nitrogens with zero attached hydrogens (tertiary/aromatic N) is 1. The molecule has 0 fully saturated rings. The molecule has 0 radical (unpaired) electrons. The summed E-state index contributed by atoms with van der Waals surface area (Å²) < 4.78 is 11.0. The Balaban J connectivity index is 1.47. The summed E-state index contributed by atoms with van der Waals surface area (Å²) in [6.07, 6.45) is 0. The highest BCUT2D eigenvalue weighted by atomic mass is 32.2. The number of benzene rings is 3. The first kappa shape index (κ1) is 19.3. The Kier molecular flexibility index (Phi) is 5.15. The van der Waals surface area contributed by atoms with Gasteiger partial charge in [0.15, 0.2) is 0 Å². The van der Waals surface area contributed by atoms with Crippen molar-refractivity contribution in [3.8, 4) is 11.8 Å². The molecule has 152 valence electrons. The Morgan fingerprint density at radius 3 is 2.42 bits per heavy atom. The van der Waals surface area contributed by atoms with Gasteiger partial charge in [0.25, 0.3) is 0 Å². The molecule has 31 heavy (non-hydrogen) atoms. The van der Waals surface area contributed by atoms with Crippen LogP contribution in [0.3, 0.4) is 0 Å². The van der Waals surface area contributed by atoms with E-state index in [0.29, 0.717) is 13.2 Å². The first-order valence-electron chi connectivity index (χ1n) is 10.1. The summed E-state index contributed by atoms with van der Waals surface area (Å²) in [6.45, 7) is 2.70. The standard InChI is InChI=1S/C26H19NO3S/c1-2-29-26(28)14-12-18-11-13-23-19(15-18)16-20(30-23)17-27-21-7-3-5-9-24(21)31-25-10-6-4-8-22(25)27/h3-11,13,15-16H,2,17H2,1H3. The highest BCUT2D eigenvalue weighted by molar-refractivity contribution is 7.99. The summed E-state index contributed by atoms with van der Waals surface area (Å²) in [5.41, 5.74) is 3.89. The average Bonchev–Trinajstić information content (AvgIpc) is 3.19. The van der Waals surface area contributed by atoms with E-state index in [-0.39, 0.29) is 0 Å². The molecule has 0 unspecified atom stereocenters. The van der Waals surface area contributed by atoms with Crippen LogP contribution in [0.25, 0.3) is 11.0 Å². The molecular weight excluding hydrogens is 406 g/mol. The Hall–Kier alpha value is -3.62. The summed E-state index contributed by atoms with van der Waals surface area (Å²) in [4.78, 5) is 16.2. The number of carbonyl (C=O) groups excluding carboxylic acids is 1. The summed E-state index contributed by atoms with van der Waals surface area (Å²) in [7, 11) is 0. The first-order chi connectivity index (χ1) is 15.2. The molecule has 2 heterocycles. The number of ether oxygens (including phenoxy) is 1. The van der Waals surface area contributed by atoms with E-state index in [2.05, 4.69) is 65.3 Å². The smallest absolute Gasteiger partial charge is 0.384 e. The van der Waals surface area contributed by atoms with Gasteiger partial charge >= 0.3 is 5.97 Å². The number of para-hydroxylation sites is 2. The van der Waals surface area contributed by atoms with Gasteiger partial charge in [-0.2, -0.15) is 0 Å². The van der Waals surface area contributed by atoms with Gasteiger partial charge in [0.1, 0.15) is 11.3 Å². The van der Waals surface area contributed by atoms with Crippen molar-refractivity contribution in [1.82, 2.24) is 0 Å². The predicted octanol–water partition coefficient (Wildman–Crippen LogP) is 6.15. The van der Waals surface area contributed by atoms with Crippen molar-refractivity contribution in [3.05, 3.63) is 84.1 Å². The zero-order valence-electron chi connectivity index (χ0n) is 16.9.